The molecule has 0 bridgehead atoms. The van der Waals surface area contributed by atoms with Crippen molar-refractivity contribution in [2.75, 3.05) is 0 Å². The fourth-order valence-corrected chi connectivity index (χ4v) is 5.45. The molecule has 0 heterocycles. The summed E-state index contributed by atoms with van der Waals surface area (Å²) in [6.45, 7) is 27.2. The van der Waals surface area contributed by atoms with Gasteiger partial charge in [0.25, 0.3) is 0 Å². The van der Waals surface area contributed by atoms with Gasteiger partial charge in [0.2, 0.25) is 0 Å². The van der Waals surface area contributed by atoms with Crippen LogP contribution in [0.25, 0.3) is 0 Å². The van der Waals surface area contributed by atoms with Crippen LogP contribution in [0.2, 0.25) is 0 Å². The summed E-state index contributed by atoms with van der Waals surface area (Å²) in [5.41, 5.74) is 5.07. The third-order valence-corrected chi connectivity index (χ3v) is 7.84. The largest absolute Gasteiger partial charge is 0.507 e. The van der Waals surface area contributed by atoms with E-state index < -0.39 is 0 Å². The number of esters is 1. The van der Waals surface area contributed by atoms with Crippen molar-refractivity contribution in [1.82, 2.24) is 0 Å². The first-order chi connectivity index (χ1) is 18.6. The molecule has 0 aliphatic rings. The maximum Gasteiger partial charge on any atom is 0.310 e. The zero-order chi connectivity index (χ0) is 31.6. The number of aryl methyl sites for hydroxylation is 2. The van der Waals surface area contributed by atoms with Gasteiger partial charge in [0.05, 0.1) is 0 Å². The Hall–Kier alpha value is -2.49. The van der Waals surface area contributed by atoms with E-state index in [-0.39, 0.29) is 39.8 Å². The molecule has 0 saturated heterocycles. The topological polar surface area (TPSA) is 66.8 Å². The molecular formula is C37H58O4. The average molecular weight is 567 g/mol. The minimum Gasteiger partial charge on any atom is -0.507 e. The number of hydrogen-bond acceptors (Lipinski definition) is 4. The fraction of sp³-hybridized carbons (Fsp3) is 0.649. The number of ether oxygens (including phenoxy) is 1. The van der Waals surface area contributed by atoms with Gasteiger partial charge < -0.3 is 14.9 Å². The van der Waals surface area contributed by atoms with Gasteiger partial charge in [0.15, 0.2) is 0 Å². The molecule has 2 rings (SSSR count). The lowest BCUT2D eigenvalue weighted by atomic mass is 9.77. The Labute approximate surface area is 250 Å². The van der Waals surface area contributed by atoms with Crippen molar-refractivity contribution in [3.63, 3.8) is 0 Å². The maximum atomic E-state index is 12.4. The van der Waals surface area contributed by atoms with Crippen LogP contribution < -0.4 is 4.74 Å². The molecule has 0 fully saturated rings. The molecule has 0 aromatic heterocycles. The summed E-state index contributed by atoms with van der Waals surface area (Å²) < 4.78 is 5.90. The Morgan fingerprint density at radius 1 is 0.634 bits per heavy atom. The fourth-order valence-electron chi connectivity index (χ4n) is 5.45. The highest BCUT2D eigenvalue weighted by Gasteiger charge is 2.32. The molecule has 2 aromatic carbocycles. The van der Waals surface area contributed by atoms with Crippen molar-refractivity contribution >= 4 is 5.97 Å². The molecule has 2 N–H and O–H groups in total. The molecule has 4 heteroatoms. The van der Waals surface area contributed by atoms with Crippen molar-refractivity contribution in [1.29, 1.82) is 0 Å². The highest BCUT2D eigenvalue weighted by atomic mass is 16.5. The lowest BCUT2D eigenvalue weighted by Gasteiger charge is -2.30. The van der Waals surface area contributed by atoms with Gasteiger partial charge in [-0.25, -0.2) is 0 Å². The Morgan fingerprint density at radius 3 is 1.49 bits per heavy atom. The molecule has 0 saturated carbocycles. The molecule has 0 unspecified atom stereocenters. The van der Waals surface area contributed by atoms with Gasteiger partial charge in [0, 0.05) is 17.5 Å². The van der Waals surface area contributed by atoms with Gasteiger partial charge in [-0.1, -0.05) is 115 Å². The van der Waals surface area contributed by atoms with Crippen molar-refractivity contribution in [3.8, 4) is 17.2 Å². The van der Waals surface area contributed by atoms with E-state index in [1.54, 1.807) is 6.92 Å². The van der Waals surface area contributed by atoms with E-state index in [4.69, 9.17) is 4.74 Å². The van der Waals surface area contributed by atoms with Gasteiger partial charge >= 0.3 is 5.97 Å². The summed E-state index contributed by atoms with van der Waals surface area (Å²) in [4.78, 5) is 12.4. The second-order valence-electron chi connectivity index (χ2n) is 15.9. The number of rotatable bonds is 9. The zero-order valence-corrected chi connectivity index (χ0v) is 28.4. The number of unbranched alkanes of at least 4 members (excludes halogenated alkanes) is 3. The molecule has 0 spiro atoms. The number of phenolic OH excluding ortho intramolecular Hbond substituents is 2. The van der Waals surface area contributed by atoms with Crippen molar-refractivity contribution in [2.24, 2.45) is 0 Å². The van der Waals surface area contributed by atoms with E-state index in [2.05, 4.69) is 101 Å². The molecule has 0 amide bonds. The van der Waals surface area contributed by atoms with Gasteiger partial charge in [-0.15, -0.1) is 0 Å². The molecule has 0 atom stereocenters. The summed E-state index contributed by atoms with van der Waals surface area (Å²) in [6.07, 6.45) is 6.27. The highest BCUT2D eigenvalue weighted by Crippen LogP contribution is 2.47. The van der Waals surface area contributed by atoms with E-state index in [9.17, 15) is 15.0 Å². The zero-order valence-electron chi connectivity index (χ0n) is 28.4. The Kier molecular flexibility index (Phi) is 10.8. The van der Waals surface area contributed by atoms with Gasteiger partial charge in [0.1, 0.15) is 17.2 Å². The summed E-state index contributed by atoms with van der Waals surface area (Å²) >= 11 is 0. The van der Waals surface area contributed by atoms with E-state index in [1.807, 2.05) is 0 Å². The van der Waals surface area contributed by atoms with Crippen molar-refractivity contribution < 1.29 is 19.7 Å². The van der Waals surface area contributed by atoms with Gasteiger partial charge in [-0.05, 0) is 75.7 Å². The highest BCUT2D eigenvalue weighted by molar-refractivity contribution is 5.74. The van der Waals surface area contributed by atoms with Crippen LogP contribution in [-0.2, 0) is 39.3 Å². The molecular weight excluding hydrogens is 508 g/mol. The number of carbonyl (C=O) groups excluding carboxylic acids is 1. The van der Waals surface area contributed by atoms with Gasteiger partial charge in [-0.2, -0.15) is 0 Å². The molecule has 0 radical (unpaired) electrons. The third-order valence-electron chi connectivity index (χ3n) is 7.84. The Bertz CT molecular complexity index is 1170. The predicted octanol–water partition coefficient (Wildman–Crippen LogP) is 9.95. The predicted molar refractivity (Wildman–Crippen MR) is 173 cm³/mol. The first-order valence-corrected chi connectivity index (χ1v) is 15.6. The smallest absolute Gasteiger partial charge is 0.310 e. The lowest BCUT2D eigenvalue weighted by molar-refractivity contribution is -0.134. The maximum absolute atomic E-state index is 12.4. The monoisotopic (exact) mass is 566 g/mol. The van der Waals surface area contributed by atoms with E-state index in [0.717, 1.165) is 66.3 Å². The molecule has 0 aliphatic heterocycles. The SMILES string of the molecule is CCC(=O)Oc1c(CCCCCCc2cc(C(C)(C)C)c(O)c(C(C)(C)C)c2)cc(C(C)(C)C)c(O)c1C(C)(C)C. The summed E-state index contributed by atoms with van der Waals surface area (Å²) in [7, 11) is 0. The van der Waals surface area contributed by atoms with Crippen LogP contribution in [-0.4, -0.2) is 16.2 Å². The van der Waals surface area contributed by atoms with Crippen LogP contribution in [0.5, 0.6) is 17.2 Å². The van der Waals surface area contributed by atoms with Crippen LogP contribution in [0.15, 0.2) is 18.2 Å². The third kappa shape index (κ3) is 9.00. The van der Waals surface area contributed by atoms with E-state index in [0.29, 0.717) is 11.5 Å². The number of aromatic hydroxyl groups is 2. The number of phenols is 2. The van der Waals surface area contributed by atoms with Crippen LogP contribution in [0.1, 0.15) is 155 Å². The second-order valence-corrected chi connectivity index (χ2v) is 15.9. The lowest BCUT2D eigenvalue weighted by Crippen LogP contribution is -2.21. The standard InChI is InChI=1S/C37H58O4/c1-14-29(38)41-33-25(23-28(36(8,9)10)32(40)30(33)37(11,12)13)20-18-16-15-17-19-24-21-26(34(2,3)4)31(39)27(22-24)35(5,6)7/h21-23,39-40H,14-20H2,1-13H3. The van der Waals surface area contributed by atoms with Crippen molar-refractivity contribution in [3.05, 3.63) is 51.6 Å². The molecule has 230 valence electrons. The van der Waals surface area contributed by atoms with Crippen molar-refractivity contribution in [2.45, 2.75) is 157 Å². The Balaban J connectivity index is 2.24. The second kappa shape index (κ2) is 12.8. The first-order valence-electron chi connectivity index (χ1n) is 15.6. The molecule has 0 aliphatic carbocycles. The van der Waals surface area contributed by atoms with Crippen LogP contribution in [0.4, 0.5) is 0 Å². The van der Waals surface area contributed by atoms with E-state index in [1.165, 1.54) is 5.56 Å². The summed E-state index contributed by atoms with van der Waals surface area (Å²) in [6, 6.07) is 6.44. The summed E-state index contributed by atoms with van der Waals surface area (Å²) in [5, 5.41) is 22.4. The quantitative estimate of drug-likeness (QED) is 0.180. The van der Waals surface area contributed by atoms with Crippen LogP contribution in [0.3, 0.4) is 0 Å². The normalized spacial score (nSPS) is 13.0. The van der Waals surface area contributed by atoms with Crippen LogP contribution in [0, 0.1) is 0 Å². The number of carbonyl (C=O) groups is 1. The van der Waals surface area contributed by atoms with Gasteiger partial charge in [-0.3, -0.25) is 4.79 Å². The summed E-state index contributed by atoms with van der Waals surface area (Å²) in [5.74, 6) is 0.943. The number of benzene rings is 2. The Morgan fingerprint density at radius 2 is 1.07 bits per heavy atom. The van der Waals surface area contributed by atoms with E-state index >= 15 is 0 Å². The number of hydrogen-bond donors (Lipinski definition) is 2. The van der Waals surface area contributed by atoms with Crippen LogP contribution >= 0.6 is 0 Å². The molecule has 2 aromatic rings. The molecule has 4 nitrogen and oxygen atoms in total. The minimum absolute atomic E-state index is 0.124. The first kappa shape index (κ1) is 34.7. The average Bonchev–Trinajstić information content (AvgIpc) is 2.79. The molecule has 41 heavy (non-hydrogen) atoms. The minimum atomic E-state index is -0.384.